The van der Waals surface area contributed by atoms with Crippen LogP contribution in [0.2, 0.25) is 5.02 Å². The Labute approximate surface area is 133 Å². The number of nitrogens with zero attached hydrogens (tertiary/aromatic N) is 1. The van der Waals surface area contributed by atoms with Crippen molar-refractivity contribution in [2.24, 2.45) is 5.92 Å². The molecule has 0 aromatic heterocycles. The lowest BCUT2D eigenvalue weighted by molar-refractivity contribution is 0.0819. The molecule has 1 aromatic carbocycles. The standard InChI is InChI=1S/C15H20BrClN2O/c16-11-4-5-12(17)13(15(11)20)14(10-2-1-3-10)19-8-6-18-7-9-19/h4-5,10,14,18,20H,1-3,6-9H2/t14-/m0/s1. The minimum atomic E-state index is 0.246. The van der Waals surface area contributed by atoms with E-state index in [1.807, 2.05) is 12.1 Å². The van der Waals surface area contributed by atoms with E-state index in [0.29, 0.717) is 16.7 Å². The molecule has 0 bridgehead atoms. The third-order valence-electron chi connectivity index (χ3n) is 4.55. The zero-order valence-electron chi connectivity index (χ0n) is 11.4. The summed E-state index contributed by atoms with van der Waals surface area (Å²) < 4.78 is 0.733. The van der Waals surface area contributed by atoms with Crippen LogP contribution >= 0.6 is 27.5 Å². The average Bonchev–Trinajstić information content (AvgIpc) is 2.41. The van der Waals surface area contributed by atoms with E-state index in [1.165, 1.54) is 19.3 Å². The molecule has 1 aliphatic carbocycles. The summed E-state index contributed by atoms with van der Waals surface area (Å²) in [5.74, 6) is 0.929. The van der Waals surface area contributed by atoms with Gasteiger partial charge < -0.3 is 10.4 Å². The molecule has 2 aliphatic rings. The topological polar surface area (TPSA) is 35.5 Å². The first-order chi connectivity index (χ1) is 9.68. The van der Waals surface area contributed by atoms with Crippen LogP contribution in [-0.4, -0.2) is 36.2 Å². The molecule has 2 N–H and O–H groups in total. The van der Waals surface area contributed by atoms with Gasteiger partial charge in [-0.05, 0) is 46.8 Å². The molecule has 5 heteroatoms. The smallest absolute Gasteiger partial charge is 0.136 e. The maximum absolute atomic E-state index is 10.5. The second kappa shape index (κ2) is 6.22. The number of piperazine rings is 1. The van der Waals surface area contributed by atoms with Crippen LogP contribution in [-0.2, 0) is 0 Å². The van der Waals surface area contributed by atoms with E-state index < -0.39 is 0 Å². The largest absolute Gasteiger partial charge is 0.506 e. The number of phenolic OH excluding ortho intramolecular Hbond substituents is 1. The van der Waals surface area contributed by atoms with Gasteiger partial charge in [-0.2, -0.15) is 0 Å². The van der Waals surface area contributed by atoms with Crippen molar-refractivity contribution in [1.29, 1.82) is 0 Å². The van der Waals surface area contributed by atoms with E-state index >= 15 is 0 Å². The third-order valence-corrected chi connectivity index (χ3v) is 5.52. The van der Waals surface area contributed by atoms with Crippen LogP contribution in [0, 0.1) is 5.92 Å². The van der Waals surface area contributed by atoms with Crippen molar-refractivity contribution < 1.29 is 5.11 Å². The normalized spacial score (nSPS) is 22.5. The van der Waals surface area contributed by atoms with E-state index in [9.17, 15) is 5.11 Å². The highest BCUT2D eigenvalue weighted by molar-refractivity contribution is 9.10. The molecule has 3 rings (SSSR count). The average molecular weight is 360 g/mol. The van der Waals surface area contributed by atoms with E-state index in [2.05, 4.69) is 26.1 Å². The molecule has 2 fully saturated rings. The second-order valence-electron chi connectivity index (χ2n) is 5.71. The quantitative estimate of drug-likeness (QED) is 0.866. The van der Waals surface area contributed by atoms with Gasteiger partial charge in [0.15, 0.2) is 0 Å². The number of benzene rings is 1. The molecule has 0 unspecified atom stereocenters. The fraction of sp³-hybridized carbons (Fsp3) is 0.600. The number of aromatic hydroxyl groups is 1. The molecule has 1 atom stereocenters. The Hall–Kier alpha value is -0.290. The van der Waals surface area contributed by atoms with Crippen LogP contribution < -0.4 is 5.32 Å². The predicted octanol–water partition coefficient (Wildman–Crippen LogP) is 3.55. The van der Waals surface area contributed by atoms with E-state index in [4.69, 9.17) is 11.6 Å². The number of phenols is 1. The zero-order chi connectivity index (χ0) is 14.1. The van der Waals surface area contributed by atoms with E-state index in [0.717, 1.165) is 36.2 Å². The van der Waals surface area contributed by atoms with Gasteiger partial charge in [-0.15, -0.1) is 0 Å². The molecule has 110 valence electrons. The lowest BCUT2D eigenvalue weighted by atomic mass is 9.76. The summed E-state index contributed by atoms with van der Waals surface area (Å²) in [4.78, 5) is 2.48. The molecule has 3 nitrogen and oxygen atoms in total. The van der Waals surface area contributed by atoms with Gasteiger partial charge in [-0.1, -0.05) is 18.0 Å². The van der Waals surface area contributed by atoms with Gasteiger partial charge in [0.05, 0.1) is 4.47 Å². The van der Waals surface area contributed by atoms with Crippen molar-refractivity contribution in [3.63, 3.8) is 0 Å². The van der Waals surface area contributed by atoms with E-state index in [1.54, 1.807) is 0 Å². The molecule has 20 heavy (non-hydrogen) atoms. The van der Waals surface area contributed by atoms with Crippen molar-refractivity contribution in [2.45, 2.75) is 25.3 Å². The molecular formula is C15H20BrClN2O. The van der Waals surface area contributed by atoms with Gasteiger partial charge in [-0.3, -0.25) is 4.90 Å². The fourth-order valence-corrected chi connectivity index (χ4v) is 3.88. The lowest BCUT2D eigenvalue weighted by Crippen LogP contribution is -2.48. The van der Waals surface area contributed by atoms with Crippen molar-refractivity contribution in [1.82, 2.24) is 10.2 Å². The first-order valence-electron chi connectivity index (χ1n) is 7.30. The summed E-state index contributed by atoms with van der Waals surface area (Å²) in [5.41, 5.74) is 0.910. The molecule has 1 heterocycles. The van der Waals surface area contributed by atoms with Crippen molar-refractivity contribution in [3.8, 4) is 5.75 Å². The Balaban J connectivity index is 1.98. The summed E-state index contributed by atoms with van der Waals surface area (Å²) in [6, 6.07) is 3.95. The van der Waals surface area contributed by atoms with Crippen molar-refractivity contribution in [3.05, 3.63) is 27.2 Å². The molecular weight excluding hydrogens is 340 g/mol. The first kappa shape index (κ1) is 14.6. The summed E-state index contributed by atoms with van der Waals surface area (Å²) in [6.45, 7) is 4.05. The summed E-state index contributed by atoms with van der Waals surface area (Å²) >= 11 is 9.84. The van der Waals surface area contributed by atoms with Gasteiger partial charge in [-0.25, -0.2) is 0 Å². The second-order valence-corrected chi connectivity index (χ2v) is 6.97. The van der Waals surface area contributed by atoms with Crippen molar-refractivity contribution >= 4 is 27.5 Å². The van der Waals surface area contributed by atoms with Crippen LogP contribution in [0.4, 0.5) is 0 Å². The zero-order valence-corrected chi connectivity index (χ0v) is 13.8. The predicted molar refractivity (Wildman–Crippen MR) is 85.3 cm³/mol. The van der Waals surface area contributed by atoms with Gasteiger partial charge >= 0.3 is 0 Å². The Morgan fingerprint density at radius 3 is 2.60 bits per heavy atom. The Kier molecular flexibility index (Phi) is 4.55. The Morgan fingerprint density at radius 1 is 1.30 bits per heavy atom. The molecule has 1 aliphatic heterocycles. The molecule has 1 saturated heterocycles. The monoisotopic (exact) mass is 358 g/mol. The lowest BCUT2D eigenvalue weighted by Gasteiger charge is -2.43. The van der Waals surface area contributed by atoms with Crippen LogP contribution in [0.3, 0.4) is 0 Å². The number of hydrogen-bond donors (Lipinski definition) is 2. The number of halogens is 2. The Morgan fingerprint density at radius 2 is 2.00 bits per heavy atom. The number of nitrogens with one attached hydrogen (secondary N) is 1. The van der Waals surface area contributed by atoms with Crippen molar-refractivity contribution in [2.75, 3.05) is 26.2 Å². The molecule has 0 radical (unpaired) electrons. The molecule has 1 saturated carbocycles. The number of hydrogen-bond acceptors (Lipinski definition) is 3. The minimum Gasteiger partial charge on any atom is -0.506 e. The van der Waals surface area contributed by atoms with Gasteiger partial charge in [0.2, 0.25) is 0 Å². The molecule has 0 spiro atoms. The third kappa shape index (κ3) is 2.71. The molecule has 1 aromatic rings. The highest BCUT2D eigenvalue weighted by Crippen LogP contribution is 2.48. The van der Waals surface area contributed by atoms with E-state index in [-0.39, 0.29) is 6.04 Å². The van der Waals surface area contributed by atoms with Crippen LogP contribution in [0.1, 0.15) is 30.9 Å². The highest BCUT2D eigenvalue weighted by Gasteiger charge is 2.36. The van der Waals surface area contributed by atoms with Crippen LogP contribution in [0.25, 0.3) is 0 Å². The minimum absolute atomic E-state index is 0.246. The van der Waals surface area contributed by atoms with Crippen LogP contribution in [0.15, 0.2) is 16.6 Å². The van der Waals surface area contributed by atoms with Gasteiger partial charge in [0.1, 0.15) is 5.75 Å². The summed E-state index contributed by atoms with van der Waals surface area (Å²) in [5, 5.41) is 14.5. The fourth-order valence-electron chi connectivity index (χ4n) is 3.27. The maximum Gasteiger partial charge on any atom is 0.136 e. The maximum atomic E-state index is 10.5. The Bertz CT molecular complexity index is 487. The molecule has 0 amide bonds. The van der Waals surface area contributed by atoms with Gasteiger partial charge in [0, 0.05) is 42.8 Å². The van der Waals surface area contributed by atoms with Gasteiger partial charge in [0.25, 0.3) is 0 Å². The number of rotatable bonds is 3. The summed E-state index contributed by atoms with van der Waals surface area (Å²) in [6.07, 6.45) is 3.76. The SMILES string of the molecule is Oc1c(Br)ccc(Cl)c1[C@H](C1CCC1)N1CCNCC1. The summed E-state index contributed by atoms with van der Waals surface area (Å²) in [7, 11) is 0. The van der Waals surface area contributed by atoms with Crippen LogP contribution in [0.5, 0.6) is 5.75 Å². The first-order valence-corrected chi connectivity index (χ1v) is 8.47. The highest BCUT2D eigenvalue weighted by atomic mass is 79.9.